The first-order valence-electron chi connectivity index (χ1n) is 6.19. The highest BCUT2D eigenvalue weighted by molar-refractivity contribution is 5.85. The smallest absolute Gasteiger partial charge is 0.278 e. The van der Waals surface area contributed by atoms with Gasteiger partial charge in [0.1, 0.15) is 0 Å². The van der Waals surface area contributed by atoms with Crippen LogP contribution in [0.25, 0.3) is 0 Å². The van der Waals surface area contributed by atoms with Crippen molar-refractivity contribution in [1.29, 1.82) is 0 Å². The maximum Gasteiger partial charge on any atom is 0.278 e. The fraction of sp³-hybridized carbons (Fsp3) is 0.833. The van der Waals surface area contributed by atoms with Crippen LogP contribution in [-0.4, -0.2) is 34.9 Å². The molecule has 19 heavy (non-hydrogen) atoms. The molecule has 8 N–H and O–H groups in total. The van der Waals surface area contributed by atoms with Crippen LogP contribution in [0.1, 0.15) is 40.5 Å². The molecule has 1 amide bonds. The van der Waals surface area contributed by atoms with Crippen molar-refractivity contribution in [3.05, 3.63) is 0 Å². The number of hydrogen-bond donors (Lipinski definition) is 2. The van der Waals surface area contributed by atoms with Crippen molar-refractivity contribution in [2.45, 2.75) is 52.6 Å². The molecule has 0 saturated heterocycles. The van der Waals surface area contributed by atoms with E-state index in [0.717, 1.165) is 6.42 Å². The van der Waals surface area contributed by atoms with Gasteiger partial charge in [0.25, 0.3) is 5.91 Å². The molecule has 0 aliphatic carbocycles. The minimum absolute atomic E-state index is 0. The van der Waals surface area contributed by atoms with Gasteiger partial charge >= 0.3 is 0 Å². The molecule has 0 spiro atoms. The van der Waals surface area contributed by atoms with Gasteiger partial charge in [-0.15, -0.1) is 0 Å². The van der Waals surface area contributed by atoms with Crippen LogP contribution in [0.5, 0.6) is 0 Å². The number of rotatable bonds is 7. The van der Waals surface area contributed by atoms with E-state index in [0.29, 0.717) is 6.42 Å². The Balaban J connectivity index is -0.00000128. The third-order valence-electron chi connectivity index (χ3n) is 3.43. The summed E-state index contributed by atoms with van der Waals surface area (Å²) in [6.45, 7) is 7.56. The second-order valence-electron chi connectivity index (χ2n) is 4.68. The summed E-state index contributed by atoms with van der Waals surface area (Å²) >= 11 is 0. The fourth-order valence-corrected chi connectivity index (χ4v) is 1.47. The number of carboxylic acids is 1. The Morgan fingerprint density at radius 2 is 1.53 bits per heavy atom. The fourth-order valence-electron chi connectivity index (χ4n) is 1.47. The minimum atomic E-state index is -1.23. The van der Waals surface area contributed by atoms with Crippen LogP contribution < -0.4 is 16.2 Å². The van der Waals surface area contributed by atoms with Crippen LogP contribution >= 0.6 is 0 Å². The average molecular weight is 280 g/mol. The topological polar surface area (TPSA) is 160 Å². The summed E-state index contributed by atoms with van der Waals surface area (Å²) in [6, 6.07) is -1.35. The SMILES string of the molecule is CC[C@H](C)[C@H]([NH3+])C(=O)N[C@H](C(=O)[O-])[C@@H](C)CC.O.O. The molecule has 0 aromatic rings. The van der Waals surface area contributed by atoms with Crippen molar-refractivity contribution in [1.82, 2.24) is 5.32 Å². The van der Waals surface area contributed by atoms with Gasteiger partial charge in [0.15, 0.2) is 6.04 Å². The van der Waals surface area contributed by atoms with Crippen molar-refractivity contribution in [3.63, 3.8) is 0 Å². The predicted molar refractivity (Wildman–Crippen MR) is 69.8 cm³/mol. The molecular weight excluding hydrogens is 252 g/mol. The average Bonchev–Trinajstić information content (AvgIpc) is 2.32. The van der Waals surface area contributed by atoms with E-state index in [2.05, 4.69) is 11.1 Å². The van der Waals surface area contributed by atoms with E-state index in [1.165, 1.54) is 0 Å². The molecule has 0 aliphatic heterocycles. The zero-order chi connectivity index (χ0) is 13.6. The first kappa shape index (κ1) is 23.0. The van der Waals surface area contributed by atoms with Gasteiger partial charge in [-0.3, -0.25) is 4.79 Å². The molecule has 0 saturated carbocycles. The van der Waals surface area contributed by atoms with E-state index in [-0.39, 0.29) is 28.7 Å². The first-order valence-corrected chi connectivity index (χ1v) is 6.19. The zero-order valence-electron chi connectivity index (χ0n) is 12.2. The van der Waals surface area contributed by atoms with Crippen molar-refractivity contribution in [2.24, 2.45) is 11.8 Å². The highest BCUT2D eigenvalue weighted by atomic mass is 16.4. The molecule has 0 fully saturated rings. The summed E-state index contributed by atoms with van der Waals surface area (Å²) in [6.07, 6.45) is 1.50. The van der Waals surface area contributed by atoms with Gasteiger partial charge in [-0.25, -0.2) is 0 Å². The Labute approximate surface area is 114 Å². The molecule has 0 unspecified atom stereocenters. The number of quaternary nitrogens is 1. The first-order chi connectivity index (χ1) is 7.84. The van der Waals surface area contributed by atoms with Gasteiger partial charge in [-0.2, -0.15) is 0 Å². The molecule has 0 rings (SSSR count). The van der Waals surface area contributed by atoms with Crippen LogP contribution in [0.4, 0.5) is 0 Å². The van der Waals surface area contributed by atoms with Crippen LogP contribution in [0.2, 0.25) is 0 Å². The summed E-state index contributed by atoms with van der Waals surface area (Å²) in [7, 11) is 0. The Morgan fingerprint density at radius 1 is 1.11 bits per heavy atom. The lowest BCUT2D eigenvalue weighted by Gasteiger charge is -2.26. The van der Waals surface area contributed by atoms with Gasteiger partial charge in [0.2, 0.25) is 0 Å². The van der Waals surface area contributed by atoms with Crippen molar-refractivity contribution >= 4 is 11.9 Å². The monoisotopic (exact) mass is 280 g/mol. The Hall–Kier alpha value is -1.18. The molecule has 0 aromatic heterocycles. The van der Waals surface area contributed by atoms with Crippen LogP contribution in [0.15, 0.2) is 0 Å². The number of nitrogens with one attached hydrogen (secondary N) is 1. The summed E-state index contributed by atoms with van der Waals surface area (Å²) in [5, 5.41) is 13.5. The normalized spacial score (nSPS) is 16.1. The Morgan fingerprint density at radius 3 is 1.84 bits per heavy atom. The lowest BCUT2D eigenvalue weighted by Crippen LogP contribution is -2.71. The Kier molecular flexibility index (Phi) is 12.9. The van der Waals surface area contributed by atoms with Crippen LogP contribution in [0, 0.1) is 11.8 Å². The van der Waals surface area contributed by atoms with Crippen molar-refractivity contribution in [2.75, 3.05) is 0 Å². The van der Waals surface area contributed by atoms with Gasteiger partial charge < -0.3 is 31.9 Å². The summed E-state index contributed by atoms with van der Waals surface area (Å²) in [4.78, 5) is 22.8. The summed E-state index contributed by atoms with van der Waals surface area (Å²) in [5.74, 6) is -1.56. The molecule has 7 heteroatoms. The molecule has 116 valence electrons. The molecule has 0 heterocycles. The lowest BCUT2D eigenvalue weighted by molar-refractivity contribution is -0.415. The predicted octanol–water partition coefficient (Wildman–Crippen LogP) is -2.73. The largest absolute Gasteiger partial charge is 0.548 e. The van der Waals surface area contributed by atoms with E-state index < -0.39 is 18.1 Å². The van der Waals surface area contributed by atoms with Gasteiger partial charge in [-0.1, -0.05) is 34.1 Å². The molecule has 0 bridgehead atoms. The van der Waals surface area contributed by atoms with Crippen LogP contribution in [-0.2, 0) is 9.59 Å². The van der Waals surface area contributed by atoms with E-state index in [1.54, 1.807) is 6.92 Å². The molecule has 7 nitrogen and oxygen atoms in total. The molecule has 0 aliphatic rings. The second kappa shape index (κ2) is 10.7. The number of hydrogen-bond acceptors (Lipinski definition) is 3. The number of aliphatic carboxylic acids is 1. The maximum atomic E-state index is 11.8. The Bertz CT molecular complexity index is 273. The van der Waals surface area contributed by atoms with E-state index >= 15 is 0 Å². The highest BCUT2D eigenvalue weighted by Crippen LogP contribution is 2.09. The quantitative estimate of drug-likeness (QED) is 0.519. The number of amides is 1. The number of carboxylic acid groups (broad SMARTS) is 1. The zero-order valence-corrected chi connectivity index (χ0v) is 12.2. The summed E-state index contributed by atoms with van der Waals surface area (Å²) < 4.78 is 0. The highest BCUT2D eigenvalue weighted by Gasteiger charge is 2.27. The van der Waals surface area contributed by atoms with E-state index in [9.17, 15) is 14.7 Å². The standard InChI is InChI=1S/C12H24N2O3.2H2O/c1-5-7(3)9(13)11(15)14-10(12(16)17)8(4)6-2;;/h7-10H,5-6,13H2,1-4H3,(H,14,15)(H,16,17);2*1H2/t7-,8-,9-,10-;;/m0../s1. The van der Waals surface area contributed by atoms with Gasteiger partial charge in [-0.05, 0) is 12.3 Å². The third kappa shape index (κ3) is 7.09. The van der Waals surface area contributed by atoms with E-state index in [4.69, 9.17) is 0 Å². The second-order valence-corrected chi connectivity index (χ2v) is 4.68. The van der Waals surface area contributed by atoms with Crippen LogP contribution in [0.3, 0.4) is 0 Å². The van der Waals surface area contributed by atoms with Crippen molar-refractivity contribution < 1.29 is 31.4 Å². The molecular formula is C12H28N2O5. The van der Waals surface area contributed by atoms with Gasteiger partial charge in [0, 0.05) is 5.92 Å². The lowest BCUT2D eigenvalue weighted by atomic mass is 9.96. The third-order valence-corrected chi connectivity index (χ3v) is 3.43. The molecule has 0 aromatic carbocycles. The van der Waals surface area contributed by atoms with Crippen molar-refractivity contribution in [3.8, 4) is 0 Å². The van der Waals surface area contributed by atoms with Gasteiger partial charge in [0.05, 0.1) is 12.0 Å². The number of carbonyl (C=O) groups is 2. The van der Waals surface area contributed by atoms with E-state index in [1.807, 2.05) is 20.8 Å². The molecule has 4 atom stereocenters. The maximum absolute atomic E-state index is 11.8. The minimum Gasteiger partial charge on any atom is -0.548 e. The number of carbonyl (C=O) groups excluding carboxylic acids is 2. The molecule has 0 radical (unpaired) electrons. The summed E-state index contributed by atoms with van der Waals surface area (Å²) in [5.41, 5.74) is 3.78.